The van der Waals surface area contributed by atoms with Crippen molar-refractivity contribution in [2.24, 2.45) is 0 Å². The fourth-order valence-electron chi connectivity index (χ4n) is 2.38. The number of hydrogen-bond donors (Lipinski definition) is 1. The summed E-state index contributed by atoms with van der Waals surface area (Å²) in [7, 11) is 0. The number of fused-ring (bicyclic) bond motifs is 1. The third-order valence-corrected chi connectivity index (χ3v) is 4.06. The van der Waals surface area contributed by atoms with E-state index in [4.69, 9.17) is 23.2 Å². The molecule has 0 radical (unpaired) electrons. The van der Waals surface area contributed by atoms with Gasteiger partial charge in [-0.1, -0.05) is 23.2 Å². The highest BCUT2D eigenvalue weighted by Gasteiger charge is 2.31. The van der Waals surface area contributed by atoms with Gasteiger partial charge in [-0.15, -0.1) is 0 Å². The van der Waals surface area contributed by atoms with Crippen molar-refractivity contribution < 1.29 is 18.0 Å². The third kappa shape index (κ3) is 3.43. The lowest BCUT2D eigenvalue weighted by Gasteiger charge is -2.10. The van der Waals surface area contributed by atoms with Gasteiger partial charge in [-0.2, -0.15) is 13.2 Å². The normalized spacial score (nSPS) is 11.8. The van der Waals surface area contributed by atoms with Crippen LogP contribution in [0.25, 0.3) is 5.65 Å². The van der Waals surface area contributed by atoms with E-state index in [1.807, 2.05) is 0 Å². The molecule has 0 fully saturated rings. The summed E-state index contributed by atoms with van der Waals surface area (Å²) >= 11 is 11.8. The second-order valence-corrected chi connectivity index (χ2v) is 6.11. The van der Waals surface area contributed by atoms with E-state index in [0.717, 1.165) is 16.7 Å². The first-order valence-corrected chi connectivity index (χ1v) is 7.74. The number of carbonyl (C=O) groups excluding carboxylic acids is 1. The average molecular weight is 388 g/mol. The van der Waals surface area contributed by atoms with Gasteiger partial charge in [0.25, 0.3) is 5.91 Å². The molecule has 130 valence electrons. The van der Waals surface area contributed by atoms with E-state index in [0.29, 0.717) is 10.7 Å². The molecule has 4 nitrogen and oxygen atoms in total. The number of benzene rings is 1. The summed E-state index contributed by atoms with van der Waals surface area (Å²) in [6.45, 7) is 1.54. The summed E-state index contributed by atoms with van der Waals surface area (Å²) < 4.78 is 39.9. The fourth-order valence-corrected chi connectivity index (χ4v) is 2.83. The molecular weight excluding hydrogens is 378 g/mol. The van der Waals surface area contributed by atoms with Gasteiger partial charge in [0.2, 0.25) is 0 Å². The molecule has 9 heteroatoms. The summed E-state index contributed by atoms with van der Waals surface area (Å²) in [6.07, 6.45) is -3.69. The minimum Gasteiger partial charge on any atom is -0.319 e. The Morgan fingerprint density at radius 2 is 1.92 bits per heavy atom. The first kappa shape index (κ1) is 17.6. The Labute approximate surface area is 150 Å². The number of anilines is 1. The van der Waals surface area contributed by atoms with Crippen LogP contribution < -0.4 is 5.32 Å². The highest BCUT2D eigenvalue weighted by molar-refractivity contribution is 6.36. The van der Waals surface area contributed by atoms with E-state index in [-0.39, 0.29) is 22.1 Å². The minimum atomic E-state index is -4.53. The van der Waals surface area contributed by atoms with Crippen molar-refractivity contribution in [3.63, 3.8) is 0 Å². The number of pyridine rings is 1. The molecule has 0 saturated heterocycles. The summed E-state index contributed by atoms with van der Waals surface area (Å²) in [4.78, 5) is 16.7. The molecule has 1 amide bonds. The Balaban J connectivity index is 2.04. The second-order valence-electron chi connectivity index (χ2n) is 5.27. The van der Waals surface area contributed by atoms with Crippen LogP contribution in [0.15, 0.2) is 36.5 Å². The van der Waals surface area contributed by atoms with Crippen LogP contribution in [0.2, 0.25) is 10.0 Å². The third-order valence-electron chi connectivity index (χ3n) is 3.51. The van der Waals surface area contributed by atoms with Crippen molar-refractivity contribution in [3.8, 4) is 0 Å². The number of nitrogens with one attached hydrogen (secondary N) is 1. The van der Waals surface area contributed by atoms with Crippen LogP contribution in [0.3, 0.4) is 0 Å². The molecule has 1 aromatic carbocycles. The maximum absolute atomic E-state index is 12.9. The van der Waals surface area contributed by atoms with Crippen LogP contribution in [-0.2, 0) is 6.18 Å². The molecule has 3 aromatic rings. The molecule has 0 aliphatic heterocycles. The molecule has 0 spiro atoms. The standard InChI is InChI=1S/C16H10Cl2F3N3O/c1-8-14(15(25)23-12-4-3-10(17)6-11(12)18)24-7-9(16(19,20)21)2-5-13(24)22-8/h2-7H,1H3,(H,23,25). The van der Waals surface area contributed by atoms with Crippen molar-refractivity contribution in [1.29, 1.82) is 0 Å². The number of nitrogens with zero attached hydrogens (tertiary/aromatic N) is 2. The van der Waals surface area contributed by atoms with Crippen LogP contribution in [0.4, 0.5) is 18.9 Å². The molecule has 0 aliphatic carbocycles. The van der Waals surface area contributed by atoms with E-state index in [9.17, 15) is 18.0 Å². The van der Waals surface area contributed by atoms with Crippen molar-refractivity contribution in [1.82, 2.24) is 9.38 Å². The van der Waals surface area contributed by atoms with E-state index in [1.54, 1.807) is 6.92 Å². The lowest BCUT2D eigenvalue weighted by molar-refractivity contribution is -0.137. The van der Waals surface area contributed by atoms with Gasteiger partial charge in [-0.25, -0.2) is 4.98 Å². The lowest BCUT2D eigenvalue weighted by atomic mass is 10.2. The van der Waals surface area contributed by atoms with Crippen molar-refractivity contribution >= 4 is 40.4 Å². The molecule has 0 unspecified atom stereocenters. The van der Waals surface area contributed by atoms with Gasteiger partial charge in [-0.3, -0.25) is 9.20 Å². The summed E-state index contributed by atoms with van der Waals surface area (Å²) in [5.74, 6) is -0.631. The largest absolute Gasteiger partial charge is 0.417 e. The van der Waals surface area contributed by atoms with Crippen LogP contribution in [-0.4, -0.2) is 15.3 Å². The molecule has 1 N–H and O–H groups in total. The molecule has 2 aromatic heterocycles. The van der Waals surface area contributed by atoms with Crippen LogP contribution >= 0.6 is 23.2 Å². The molecular formula is C16H10Cl2F3N3O. The van der Waals surface area contributed by atoms with Crippen LogP contribution in [0, 0.1) is 6.92 Å². The second kappa shape index (κ2) is 6.24. The van der Waals surface area contributed by atoms with Crippen molar-refractivity contribution in [2.75, 3.05) is 5.32 Å². The van der Waals surface area contributed by atoms with Gasteiger partial charge >= 0.3 is 6.18 Å². The number of imidazole rings is 1. The molecule has 0 saturated carbocycles. The average Bonchev–Trinajstić information content (AvgIpc) is 2.84. The topological polar surface area (TPSA) is 46.4 Å². The van der Waals surface area contributed by atoms with Crippen molar-refractivity contribution in [3.05, 3.63) is 63.5 Å². The minimum absolute atomic E-state index is 0.00730. The van der Waals surface area contributed by atoms with Crippen LogP contribution in [0.5, 0.6) is 0 Å². The number of aryl methyl sites for hydroxylation is 1. The zero-order valence-corrected chi connectivity index (χ0v) is 14.2. The van der Waals surface area contributed by atoms with E-state index in [1.165, 1.54) is 24.3 Å². The monoisotopic (exact) mass is 387 g/mol. The van der Waals surface area contributed by atoms with Gasteiger partial charge in [0.05, 0.1) is 22.0 Å². The lowest BCUT2D eigenvalue weighted by Crippen LogP contribution is -2.16. The van der Waals surface area contributed by atoms with E-state index >= 15 is 0 Å². The Kier molecular flexibility index (Phi) is 4.38. The number of rotatable bonds is 2. The van der Waals surface area contributed by atoms with Gasteiger partial charge in [0.15, 0.2) is 0 Å². The Morgan fingerprint density at radius 3 is 2.56 bits per heavy atom. The highest BCUT2D eigenvalue weighted by Crippen LogP contribution is 2.30. The molecule has 25 heavy (non-hydrogen) atoms. The van der Waals surface area contributed by atoms with Crippen molar-refractivity contribution in [2.45, 2.75) is 13.1 Å². The maximum Gasteiger partial charge on any atom is 0.417 e. The molecule has 2 heterocycles. The number of aromatic nitrogens is 2. The highest BCUT2D eigenvalue weighted by atomic mass is 35.5. The predicted octanol–water partition coefficient (Wildman–Crippen LogP) is 5.22. The van der Waals surface area contributed by atoms with Gasteiger partial charge in [0.1, 0.15) is 11.3 Å². The maximum atomic E-state index is 12.9. The van der Waals surface area contributed by atoms with E-state index < -0.39 is 17.6 Å². The summed E-state index contributed by atoms with van der Waals surface area (Å²) in [6, 6.07) is 6.61. The van der Waals surface area contributed by atoms with Gasteiger partial charge in [0, 0.05) is 11.2 Å². The number of carbonyl (C=O) groups is 1. The molecule has 0 atom stereocenters. The number of amides is 1. The van der Waals surface area contributed by atoms with Gasteiger partial charge in [-0.05, 0) is 37.3 Å². The Bertz CT molecular complexity index is 983. The number of alkyl halides is 3. The Morgan fingerprint density at radius 1 is 1.20 bits per heavy atom. The van der Waals surface area contributed by atoms with Gasteiger partial charge < -0.3 is 5.32 Å². The zero-order valence-electron chi connectivity index (χ0n) is 12.7. The fraction of sp³-hybridized carbons (Fsp3) is 0.125. The first-order valence-electron chi connectivity index (χ1n) is 6.99. The zero-order chi connectivity index (χ0) is 18.4. The number of halogens is 5. The molecule has 0 bridgehead atoms. The molecule has 0 aliphatic rings. The summed E-state index contributed by atoms with van der Waals surface area (Å²) in [5.41, 5.74) is -0.0692. The molecule has 3 rings (SSSR count). The van der Waals surface area contributed by atoms with Crippen LogP contribution in [0.1, 0.15) is 21.7 Å². The summed E-state index contributed by atoms with van der Waals surface area (Å²) in [5, 5.41) is 3.16. The smallest absolute Gasteiger partial charge is 0.319 e. The van der Waals surface area contributed by atoms with E-state index in [2.05, 4.69) is 10.3 Å². The quantitative estimate of drug-likeness (QED) is 0.654. The first-order chi connectivity index (χ1) is 11.7. The SMILES string of the molecule is Cc1nc2ccc(C(F)(F)F)cn2c1C(=O)Nc1ccc(Cl)cc1Cl. The predicted molar refractivity (Wildman–Crippen MR) is 89.3 cm³/mol. The Hall–Kier alpha value is -2.25. The number of hydrogen-bond acceptors (Lipinski definition) is 2.